The Morgan fingerprint density at radius 3 is 2.65 bits per heavy atom. The molecule has 9 heteroatoms. The van der Waals surface area contributed by atoms with Crippen molar-refractivity contribution in [2.75, 3.05) is 4.72 Å². The van der Waals surface area contributed by atoms with Crippen molar-refractivity contribution in [3.63, 3.8) is 0 Å². The van der Waals surface area contributed by atoms with Gasteiger partial charge in [0.2, 0.25) is 5.88 Å². The molecule has 1 heterocycles. The second-order valence-corrected chi connectivity index (χ2v) is 7.83. The van der Waals surface area contributed by atoms with E-state index in [1.54, 1.807) is 13.8 Å². The standard InChI is InChI=1S/C14H13BrClFN2O3S/c1-8(2)22-14-12(5-9(15)7-18-14)19-23(20,21)13-4-3-10(17)6-11(13)16/h3-8,19H,1-2H3. The molecule has 0 atom stereocenters. The van der Waals surface area contributed by atoms with Crippen molar-refractivity contribution in [3.8, 4) is 5.88 Å². The molecule has 23 heavy (non-hydrogen) atoms. The van der Waals surface area contributed by atoms with E-state index in [1.165, 1.54) is 12.3 Å². The molecule has 5 nitrogen and oxygen atoms in total. The summed E-state index contributed by atoms with van der Waals surface area (Å²) in [4.78, 5) is 3.80. The summed E-state index contributed by atoms with van der Waals surface area (Å²) in [5, 5.41) is -0.216. The number of benzene rings is 1. The average molecular weight is 424 g/mol. The van der Waals surface area contributed by atoms with Crippen LogP contribution in [-0.2, 0) is 10.0 Å². The lowest BCUT2D eigenvalue weighted by atomic mass is 10.3. The van der Waals surface area contributed by atoms with Crippen molar-refractivity contribution < 1.29 is 17.5 Å². The molecule has 0 aliphatic heterocycles. The molecule has 0 spiro atoms. The van der Waals surface area contributed by atoms with E-state index in [-0.39, 0.29) is 27.6 Å². The second kappa shape index (κ2) is 7.02. The highest BCUT2D eigenvalue weighted by atomic mass is 79.9. The predicted molar refractivity (Wildman–Crippen MR) is 89.9 cm³/mol. The molecule has 0 fully saturated rings. The van der Waals surface area contributed by atoms with Gasteiger partial charge in [-0.15, -0.1) is 0 Å². The molecule has 0 unspecified atom stereocenters. The number of pyridine rings is 1. The Morgan fingerprint density at radius 2 is 2.04 bits per heavy atom. The highest BCUT2D eigenvalue weighted by Gasteiger charge is 2.21. The van der Waals surface area contributed by atoms with Gasteiger partial charge in [-0.1, -0.05) is 11.6 Å². The number of hydrogen-bond donors (Lipinski definition) is 1. The van der Waals surface area contributed by atoms with E-state index in [1.807, 2.05) is 0 Å². The average Bonchev–Trinajstić information content (AvgIpc) is 2.40. The van der Waals surface area contributed by atoms with E-state index >= 15 is 0 Å². The van der Waals surface area contributed by atoms with E-state index in [4.69, 9.17) is 16.3 Å². The van der Waals surface area contributed by atoms with Gasteiger partial charge in [-0.3, -0.25) is 4.72 Å². The van der Waals surface area contributed by atoms with Gasteiger partial charge in [0, 0.05) is 10.7 Å². The first-order valence-corrected chi connectivity index (χ1v) is 9.14. The Morgan fingerprint density at radius 1 is 1.35 bits per heavy atom. The molecule has 0 aliphatic rings. The number of hydrogen-bond acceptors (Lipinski definition) is 4. The minimum atomic E-state index is -4.03. The fourth-order valence-electron chi connectivity index (χ4n) is 1.71. The highest BCUT2D eigenvalue weighted by molar-refractivity contribution is 9.10. The molecule has 0 bridgehead atoms. The fraction of sp³-hybridized carbons (Fsp3) is 0.214. The number of ether oxygens (including phenoxy) is 1. The predicted octanol–water partition coefficient (Wildman–Crippen LogP) is 4.22. The van der Waals surface area contributed by atoms with E-state index in [2.05, 4.69) is 25.6 Å². The van der Waals surface area contributed by atoms with Gasteiger partial charge < -0.3 is 4.74 Å². The quantitative estimate of drug-likeness (QED) is 0.781. The molecule has 1 aromatic heterocycles. The van der Waals surface area contributed by atoms with Gasteiger partial charge in [0.25, 0.3) is 10.0 Å². The van der Waals surface area contributed by atoms with Crippen LogP contribution in [0.3, 0.4) is 0 Å². The highest BCUT2D eigenvalue weighted by Crippen LogP contribution is 2.30. The molecule has 0 saturated heterocycles. The maximum absolute atomic E-state index is 13.1. The van der Waals surface area contributed by atoms with E-state index in [0.717, 1.165) is 18.2 Å². The van der Waals surface area contributed by atoms with Crippen LogP contribution in [0.5, 0.6) is 5.88 Å². The van der Waals surface area contributed by atoms with Gasteiger partial charge in [-0.05, 0) is 54.0 Å². The van der Waals surface area contributed by atoms with E-state index in [9.17, 15) is 12.8 Å². The molecular weight excluding hydrogens is 411 g/mol. The smallest absolute Gasteiger partial charge is 0.263 e. The van der Waals surface area contributed by atoms with Crippen molar-refractivity contribution in [3.05, 3.63) is 45.8 Å². The number of anilines is 1. The monoisotopic (exact) mass is 422 g/mol. The Balaban J connectivity index is 2.42. The van der Waals surface area contributed by atoms with Crippen LogP contribution in [0.1, 0.15) is 13.8 Å². The summed E-state index contributed by atoms with van der Waals surface area (Å²) in [6.45, 7) is 3.58. The van der Waals surface area contributed by atoms with Gasteiger partial charge in [0.1, 0.15) is 16.4 Å². The third-order valence-corrected chi connectivity index (χ3v) is 4.87. The van der Waals surface area contributed by atoms with Crippen LogP contribution in [0.4, 0.5) is 10.1 Å². The summed E-state index contributed by atoms with van der Waals surface area (Å²) in [5.74, 6) is -0.494. The maximum Gasteiger partial charge on any atom is 0.263 e. The Kier molecular flexibility index (Phi) is 5.49. The van der Waals surface area contributed by atoms with Crippen LogP contribution in [-0.4, -0.2) is 19.5 Å². The van der Waals surface area contributed by atoms with Gasteiger partial charge in [-0.2, -0.15) is 0 Å². The van der Waals surface area contributed by atoms with Crippen LogP contribution < -0.4 is 9.46 Å². The molecule has 2 aromatic rings. The topological polar surface area (TPSA) is 68.3 Å². The van der Waals surface area contributed by atoms with Crippen molar-refractivity contribution in [1.29, 1.82) is 0 Å². The van der Waals surface area contributed by atoms with Crippen LogP contribution >= 0.6 is 27.5 Å². The molecule has 1 aromatic carbocycles. The molecule has 0 saturated carbocycles. The van der Waals surface area contributed by atoms with Gasteiger partial charge >= 0.3 is 0 Å². The minimum Gasteiger partial charge on any atom is -0.473 e. The second-order valence-electron chi connectivity index (χ2n) is 4.85. The first-order chi connectivity index (χ1) is 10.7. The van der Waals surface area contributed by atoms with Crippen molar-refractivity contribution in [2.45, 2.75) is 24.8 Å². The number of nitrogens with one attached hydrogen (secondary N) is 1. The summed E-state index contributed by atoms with van der Waals surface area (Å²) in [7, 11) is -4.03. The fourth-order valence-corrected chi connectivity index (χ4v) is 3.62. The summed E-state index contributed by atoms with van der Waals surface area (Å²) in [6, 6.07) is 4.56. The van der Waals surface area contributed by atoms with Crippen LogP contribution in [0.15, 0.2) is 39.8 Å². The maximum atomic E-state index is 13.1. The molecule has 0 amide bonds. The lowest BCUT2D eigenvalue weighted by Crippen LogP contribution is -2.16. The molecule has 124 valence electrons. The number of halogens is 3. The van der Waals surface area contributed by atoms with Crippen LogP contribution in [0.25, 0.3) is 0 Å². The minimum absolute atomic E-state index is 0.130. The number of nitrogens with zero attached hydrogens (tertiary/aromatic N) is 1. The first kappa shape index (κ1) is 18.0. The van der Waals surface area contributed by atoms with Gasteiger partial charge in [0.05, 0.1) is 11.1 Å². The van der Waals surface area contributed by atoms with Crippen LogP contribution in [0.2, 0.25) is 5.02 Å². The Hall–Kier alpha value is -1.38. The zero-order chi connectivity index (χ0) is 17.2. The zero-order valence-corrected chi connectivity index (χ0v) is 15.3. The lowest BCUT2D eigenvalue weighted by Gasteiger charge is -2.15. The summed E-state index contributed by atoms with van der Waals surface area (Å²) in [6.07, 6.45) is 1.29. The molecular formula is C14H13BrClFN2O3S. The van der Waals surface area contributed by atoms with Gasteiger partial charge in [-0.25, -0.2) is 17.8 Å². The molecule has 2 rings (SSSR count). The van der Waals surface area contributed by atoms with Crippen LogP contribution in [0, 0.1) is 5.82 Å². The molecule has 0 aliphatic carbocycles. The third-order valence-electron chi connectivity index (χ3n) is 2.59. The third kappa shape index (κ3) is 4.55. The van der Waals surface area contributed by atoms with Crippen molar-refractivity contribution in [1.82, 2.24) is 4.98 Å². The Labute approximate surface area is 147 Å². The zero-order valence-electron chi connectivity index (χ0n) is 12.2. The normalized spacial score (nSPS) is 11.6. The van der Waals surface area contributed by atoms with Gasteiger partial charge in [0.15, 0.2) is 0 Å². The number of rotatable bonds is 5. The lowest BCUT2D eigenvalue weighted by molar-refractivity contribution is 0.234. The molecule has 1 N–H and O–H groups in total. The van der Waals surface area contributed by atoms with Crippen molar-refractivity contribution in [2.24, 2.45) is 0 Å². The number of aromatic nitrogens is 1. The summed E-state index contributed by atoms with van der Waals surface area (Å²) >= 11 is 9.04. The Bertz CT molecular complexity index is 831. The SMILES string of the molecule is CC(C)Oc1ncc(Br)cc1NS(=O)(=O)c1ccc(F)cc1Cl. The number of sulfonamides is 1. The van der Waals surface area contributed by atoms with E-state index in [0.29, 0.717) is 4.47 Å². The molecule has 0 radical (unpaired) electrons. The summed E-state index contributed by atoms with van der Waals surface area (Å²) in [5.41, 5.74) is 0.147. The summed E-state index contributed by atoms with van der Waals surface area (Å²) < 4.78 is 46.4. The largest absolute Gasteiger partial charge is 0.473 e. The van der Waals surface area contributed by atoms with Crippen molar-refractivity contribution >= 4 is 43.2 Å². The van der Waals surface area contributed by atoms with E-state index < -0.39 is 15.8 Å². The first-order valence-electron chi connectivity index (χ1n) is 6.49.